The zero-order valence-corrected chi connectivity index (χ0v) is 12.0. The van der Waals surface area contributed by atoms with E-state index < -0.39 is 0 Å². The van der Waals surface area contributed by atoms with Gasteiger partial charge in [0.05, 0.1) is 24.5 Å². The van der Waals surface area contributed by atoms with Crippen molar-refractivity contribution in [2.24, 2.45) is 7.05 Å². The molecule has 2 heterocycles. The maximum absolute atomic E-state index is 11.8. The maximum Gasteiger partial charge on any atom is 0.343 e. The van der Waals surface area contributed by atoms with E-state index in [1.165, 1.54) is 11.5 Å². The van der Waals surface area contributed by atoms with Gasteiger partial charge in [-0.25, -0.2) is 4.79 Å². The lowest BCUT2D eigenvalue weighted by Gasteiger charge is -2.05. The number of carbonyl (C=O) groups is 1. The summed E-state index contributed by atoms with van der Waals surface area (Å²) < 4.78 is 11.0. The van der Waals surface area contributed by atoms with Crippen molar-refractivity contribution in [3.63, 3.8) is 0 Å². The lowest BCUT2D eigenvalue weighted by atomic mass is 10.2. The molecule has 0 atom stereocenters. The van der Waals surface area contributed by atoms with Gasteiger partial charge in [-0.15, -0.1) is 0 Å². The molecule has 0 unspecified atom stereocenters. The molecule has 2 rings (SSSR count). The molecule has 0 aliphatic rings. The zero-order chi connectivity index (χ0) is 13.8. The first-order valence-corrected chi connectivity index (χ1v) is 6.75. The molecule has 0 bridgehead atoms. The molecule has 19 heavy (non-hydrogen) atoms. The summed E-state index contributed by atoms with van der Waals surface area (Å²) in [7, 11) is 1.87. The Bertz CT molecular complexity index is 576. The number of rotatable bonds is 5. The van der Waals surface area contributed by atoms with Crippen LogP contribution >= 0.6 is 11.5 Å². The molecule has 6 nitrogen and oxygen atoms in total. The molecule has 0 saturated heterocycles. The Hall–Kier alpha value is -1.89. The van der Waals surface area contributed by atoms with Gasteiger partial charge in [0.2, 0.25) is 0 Å². The summed E-state index contributed by atoms with van der Waals surface area (Å²) in [6.07, 6.45) is 1.88. The van der Waals surface area contributed by atoms with Crippen LogP contribution in [0.15, 0.2) is 12.3 Å². The van der Waals surface area contributed by atoms with Crippen molar-refractivity contribution in [3.05, 3.63) is 29.2 Å². The average molecular weight is 280 g/mol. The van der Waals surface area contributed by atoms with Crippen LogP contribution in [0.4, 0.5) is 5.00 Å². The van der Waals surface area contributed by atoms with Gasteiger partial charge in [0.15, 0.2) is 0 Å². The maximum atomic E-state index is 11.8. The van der Waals surface area contributed by atoms with Gasteiger partial charge in [-0.3, -0.25) is 4.68 Å². The summed E-state index contributed by atoms with van der Waals surface area (Å²) in [5.74, 6) is -0.336. The van der Waals surface area contributed by atoms with Crippen molar-refractivity contribution in [1.82, 2.24) is 14.2 Å². The van der Waals surface area contributed by atoms with Crippen molar-refractivity contribution < 1.29 is 9.53 Å². The van der Waals surface area contributed by atoms with E-state index in [1.807, 2.05) is 19.3 Å². The summed E-state index contributed by atoms with van der Waals surface area (Å²) in [5.41, 5.74) is 2.11. The van der Waals surface area contributed by atoms with Gasteiger partial charge in [-0.05, 0) is 31.4 Å². The molecule has 0 aromatic carbocycles. The van der Waals surface area contributed by atoms with E-state index in [4.69, 9.17) is 4.74 Å². The van der Waals surface area contributed by atoms with Crippen molar-refractivity contribution in [2.45, 2.75) is 20.4 Å². The molecule has 2 aromatic rings. The van der Waals surface area contributed by atoms with E-state index in [0.717, 1.165) is 10.7 Å². The SMILES string of the molecule is CCOC(=O)c1c(C)nsc1NCc1ccn(C)n1. The van der Waals surface area contributed by atoms with E-state index >= 15 is 0 Å². The quantitative estimate of drug-likeness (QED) is 0.848. The number of hydrogen-bond donors (Lipinski definition) is 1. The first kappa shape index (κ1) is 13.5. The first-order chi connectivity index (χ1) is 9.11. The van der Waals surface area contributed by atoms with Gasteiger partial charge in [-0.1, -0.05) is 0 Å². The minimum atomic E-state index is -0.336. The Morgan fingerprint density at radius 1 is 1.58 bits per heavy atom. The highest BCUT2D eigenvalue weighted by atomic mass is 32.1. The number of esters is 1. The van der Waals surface area contributed by atoms with Gasteiger partial charge in [-0.2, -0.15) is 9.47 Å². The van der Waals surface area contributed by atoms with Crippen molar-refractivity contribution in [1.29, 1.82) is 0 Å². The lowest BCUT2D eigenvalue weighted by molar-refractivity contribution is 0.0527. The molecular weight excluding hydrogens is 264 g/mol. The van der Waals surface area contributed by atoms with Crippen LogP contribution in [0, 0.1) is 6.92 Å². The van der Waals surface area contributed by atoms with Crippen molar-refractivity contribution in [3.8, 4) is 0 Å². The number of nitrogens with one attached hydrogen (secondary N) is 1. The summed E-state index contributed by atoms with van der Waals surface area (Å²) >= 11 is 1.26. The number of nitrogens with zero attached hydrogens (tertiary/aromatic N) is 3. The molecule has 0 saturated carbocycles. The molecule has 7 heteroatoms. The van der Waals surface area contributed by atoms with E-state index in [1.54, 1.807) is 18.5 Å². The largest absolute Gasteiger partial charge is 0.462 e. The molecule has 0 aliphatic carbocycles. The Balaban J connectivity index is 2.10. The van der Waals surface area contributed by atoms with Crippen molar-refractivity contribution >= 4 is 22.5 Å². The molecule has 0 amide bonds. The third-order valence-corrected chi connectivity index (χ3v) is 3.44. The highest BCUT2D eigenvalue weighted by Gasteiger charge is 2.19. The van der Waals surface area contributed by atoms with Crippen LogP contribution in [0.1, 0.15) is 28.7 Å². The molecule has 0 aliphatic heterocycles. The second-order valence-electron chi connectivity index (χ2n) is 4.03. The van der Waals surface area contributed by atoms with Crippen LogP contribution in [0.2, 0.25) is 0 Å². The fraction of sp³-hybridized carbons (Fsp3) is 0.417. The Labute approximate surface area is 115 Å². The smallest absolute Gasteiger partial charge is 0.343 e. The monoisotopic (exact) mass is 280 g/mol. The van der Waals surface area contributed by atoms with E-state index in [2.05, 4.69) is 14.8 Å². The number of anilines is 1. The molecule has 102 valence electrons. The van der Waals surface area contributed by atoms with Crippen LogP contribution in [0.25, 0.3) is 0 Å². The van der Waals surface area contributed by atoms with Crippen LogP contribution in [-0.2, 0) is 18.3 Å². The summed E-state index contributed by atoms with van der Waals surface area (Å²) in [6, 6.07) is 1.92. The number of hydrogen-bond acceptors (Lipinski definition) is 6. The van der Waals surface area contributed by atoms with Gasteiger partial charge in [0.1, 0.15) is 10.6 Å². The van der Waals surface area contributed by atoms with E-state index in [9.17, 15) is 4.79 Å². The van der Waals surface area contributed by atoms with Gasteiger partial charge >= 0.3 is 5.97 Å². The molecule has 2 aromatic heterocycles. The number of aromatic nitrogens is 3. The second-order valence-corrected chi connectivity index (χ2v) is 4.80. The molecular formula is C12H16N4O2S. The van der Waals surface area contributed by atoms with Crippen LogP contribution in [0.3, 0.4) is 0 Å². The van der Waals surface area contributed by atoms with E-state index in [0.29, 0.717) is 24.4 Å². The summed E-state index contributed by atoms with van der Waals surface area (Å²) in [5, 5.41) is 8.17. The topological polar surface area (TPSA) is 69.0 Å². The number of ether oxygens (including phenoxy) is 1. The molecule has 0 spiro atoms. The van der Waals surface area contributed by atoms with Crippen LogP contribution < -0.4 is 5.32 Å². The van der Waals surface area contributed by atoms with Crippen LogP contribution in [-0.4, -0.2) is 26.7 Å². The molecule has 0 radical (unpaired) electrons. The Morgan fingerprint density at radius 2 is 2.37 bits per heavy atom. The van der Waals surface area contributed by atoms with Gasteiger partial charge < -0.3 is 10.1 Å². The third-order valence-electron chi connectivity index (χ3n) is 2.54. The normalized spacial score (nSPS) is 10.5. The molecule has 1 N–H and O–H groups in total. The summed E-state index contributed by atoms with van der Waals surface area (Å²) in [6.45, 7) is 4.49. The standard InChI is InChI=1S/C12H16N4O2S/c1-4-18-12(17)10-8(2)15-19-11(10)13-7-9-5-6-16(3)14-9/h5-6,13H,4,7H2,1-3H3. The molecule has 0 fully saturated rings. The third kappa shape index (κ3) is 3.11. The highest BCUT2D eigenvalue weighted by Crippen LogP contribution is 2.25. The zero-order valence-electron chi connectivity index (χ0n) is 11.1. The number of aryl methyl sites for hydroxylation is 2. The Morgan fingerprint density at radius 3 is 3.00 bits per heavy atom. The van der Waals surface area contributed by atoms with Crippen molar-refractivity contribution in [2.75, 3.05) is 11.9 Å². The fourth-order valence-electron chi connectivity index (χ4n) is 1.66. The number of carbonyl (C=O) groups excluding carboxylic acids is 1. The van der Waals surface area contributed by atoms with E-state index in [-0.39, 0.29) is 5.97 Å². The average Bonchev–Trinajstić information content (AvgIpc) is 2.93. The lowest BCUT2D eigenvalue weighted by Crippen LogP contribution is -2.09. The van der Waals surface area contributed by atoms with Gasteiger partial charge in [0, 0.05) is 13.2 Å². The second kappa shape index (κ2) is 5.83. The Kier molecular flexibility index (Phi) is 4.16. The predicted molar refractivity (Wildman–Crippen MR) is 73.3 cm³/mol. The van der Waals surface area contributed by atoms with Gasteiger partial charge in [0.25, 0.3) is 0 Å². The predicted octanol–water partition coefficient (Wildman–Crippen LogP) is 1.97. The first-order valence-electron chi connectivity index (χ1n) is 5.97. The minimum absolute atomic E-state index is 0.336. The minimum Gasteiger partial charge on any atom is -0.462 e. The fourth-order valence-corrected chi connectivity index (χ4v) is 2.44. The highest BCUT2D eigenvalue weighted by molar-refractivity contribution is 7.10. The van der Waals surface area contributed by atoms with Crippen LogP contribution in [0.5, 0.6) is 0 Å². The summed E-state index contributed by atoms with van der Waals surface area (Å²) in [4.78, 5) is 11.8.